The second-order valence-corrected chi connectivity index (χ2v) is 7.86. The normalized spacial score (nSPS) is 16.5. The first kappa shape index (κ1) is 18.8. The van der Waals surface area contributed by atoms with Crippen LogP contribution in [0.1, 0.15) is 82.1 Å². The number of nitrogens with zero attached hydrogens (tertiary/aromatic N) is 2. The molecule has 1 unspecified atom stereocenters. The topological polar surface area (TPSA) is 56.0 Å². The molecule has 1 heterocycles. The summed E-state index contributed by atoms with van der Waals surface area (Å²) in [6.45, 7) is 3.70. The van der Waals surface area contributed by atoms with Crippen molar-refractivity contribution in [2.75, 3.05) is 0 Å². The van der Waals surface area contributed by atoms with Gasteiger partial charge in [-0.3, -0.25) is 0 Å². The summed E-state index contributed by atoms with van der Waals surface area (Å²) in [7, 11) is 0. The van der Waals surface area contributed by atoms with E-state index in [1.54, 1.807) is 6.92 Å². The van der Waals surface area contributed by atoms with Gasteiger partial charge in [-0.15, -0.1) is 0 Å². The lowest BCUT2D eigenvalue weighted by atomic mass is 9.84. The maximum absolute atomic E-state index is 11.7. The highest BCUT2D eigenvalue weighted by molar-refractivity contribution is 5.76. The number of carbonyl (C=O) groups is 1. The third-order valence-corrected chi connectivity index (χ3v) is 5.52. The number of aromatic nitrogens is 2. The molecule has 0 aliphatic heterocycles. The van der Waals surface area contributed by atoms with E-state index in [0.29, 0.717) is 18.1 Å². The van der Waals surface area contributed by atoms with E-state index in [4.69, 9.17) is 4.52 Å². The Bertz CT molecular complexity index is 699. The Balaban J connectivity index is 1.63. The van der Waals surface area contributed by atoms with Gasteiger partial charge in [0.1, 0.15) is 5.78 Å². The third kappa shape index (κ3) is 5.26. The number of carbonyl (C=O) groups excluding carboxylic acids is 1. The van der Waals surface area contributed by atoms with Crippen molar-refractivity contribution < 1.29 is 9.32 Å². The van der Waals surface area contributed by atoms with Gasteiger partial charge in [-0.05, 0) is 26.2 Å². The lowest BCUT2D eigenvalue weighted by molar-refractivity contribution is -0.117. The Labute approximate surface area is 156 Å². The fourth-order valence-corrected chi connectivity index (χ4v) is 4.01. The van der Waals surface area contributed by atoms with Crippen molar-refractivity contribution in [3.05, 3.63) is 35.7 Å². The lowest BCUT2D eigenvalue weighted by Gasteiger charge is -2.22. The highest BCUT2D eigenvalue weighted by Gasteiger charge is 2.22. The van der Waals surface area contributed by atoms with Crippen molar-refractivity contribution in [3.63, 3.8) is 0 Å². The second-order valence-electron chi connectivity index (χ2n) is 7.86. The number of aryl methyl sites for hydroxylation is 1. The SMILES string of the molecule is CC(=O)CC(CCCC1CCCCC1)c1nc(-c2ccc(C)cc2)no1. The van der Waals surface area contributed by atoms with Crippen molar-refractivity contribution in [1.29, 1.82) is 0 Å². The van der Waals surface area contributed by atoms with Crippen LogP contribution in [0.5, 0.6) is 0 Å². The Hall–Kier alpha value is -1.97. The Morgan fingerprint density at radius 3 is 2.62 bits per heavy atom. The highest BCUT2D eigenvalue weighted by Crippen LogP contribution is 2.31. The maximum Gasteiger partial charge on any atom is 0.230 e. The summed E-state index contributed by atoms with van der Waals surface area (Å²) in [5, 5.41) is 4.14. The molecule has 3 rings (SSSR count). The number of ketones is 1. The summed E-state index contributed by atoms with van der Waals surface area (Å²) in [6.07, 6.45) is 10.7. The quantitative estimate of drug-likeness (QED) is 0.596. The molecule has 4 heteroatoms. The largest absolute Gasteiger partial charge is 0.339 e. The molecule has 1 aromatic carbocycles. The van der Waals surface area contributed by atoms with E-state index in [1.807, 2.05) is 24.3 Å². The minimum absolute atomic E-state index is 0.0442. The zero-order valence-electron chi connectivity index (χ0n) is 16.0. The summed E-state index contributed by atoms with van der Waals surface area (Å²) in [5.74, 6) is 2.32. The van der Waals surface area contributed by atoms with Gasteiger partial charge in [0, 0.05) is 17.9 Å². The van der Waals surface area contributed by atoms with E-state index in [9.17, 15) is 4.79 Å². The molecule has 0 spiro atoms. The molecule has 0 saturated heterocycles. The van der Waals surface area contributed by atoms with Crippen molar-refractivity contribution >= 4 is 5.78 Å². The van der Waals surface area contributed by atoms with Crippen LogP contribution in [0.25, 0.3) is 11.4 Å². The minimum atomic E-state index is 0.0442. The molecule has 1 saturated carbocycles. The molecular weight excluding hydrogens is 324 g/mol. The van der Waals surface area contributed by atoms with E-state index < -0.39 is 0 Å². The smallest absolute Gasteiger partial charge is 0.230 e. The Kier molecular flexibility index (Phi) is 6.59. The minimum Gasteiger partial charge on any atom is -0.339 e. The molecule has 140 valence electrons. The maximum atomic E-state index is 11.7. The van der Waals surface area contributed by atoms with Gasteiger partial charge in [0.25, 0.3) is 0 Å². The molecule has 1 fully saturated rings. The number of benzene rings is 1. The van der Waals surface area contributed by atoms with Gasteiger partial charge < -0.3 is 9.32 Å². The van der Waals surface area contributed by atoms with Crippen LogP contribution in [0.2, 0.25) is 0 Å². The second kappa shape index (κ2) is 9.11. The number of Topliss-reactive ketones (excluding diaryl/α,β-unsaturated/α-hetero) is 1. The van der Waals surface area contributed by atoms with Crippen LogP contribution in [0.3, 0.4) is 0 Å². The van der Waals surface area contributed by atoms with Gasteiger partial charge >= 0.3 is 0 Å². The van der Waals surface area contributed by atoms with Crippen LogP contribution >= 0.6 is 0 Å². The third-order valence-electron chi connectivity index (χ3n) is 5.52. The first-order valence-electron chi connectivity index (χ1n) is 10.0. The van der Waals surface area contributed by atoms with Gasteiger partial charge in [-0.2, -0.15) is 4.98 Å². The fraction of sp³-hybridized carbons (Fsp3) is 0.591. The van der Waals surface area contributed by atoms with Gasteiger partial charge in [0.15, 0.2) is 0 Å². The molecule has 0 bridgehead atoms. The molecular formula is C22H30N2O2. The first-order chi connectivity index (χ1) is 12.6. The van der Waals surface area contributed by atoms with Gasteiger partial charge in [-0.1, -0.05) is 79.9 Å². The fourth-order valence-electron chi connectivity index (χ4n) is 4.01. The highest BCUT2D eigenvalue weighted by atomic mass is 16.5. The molecule has 0 amide bonds. The van der Waals surface area contributed by atoms with Crippen LogP contribution < -0.4 is 0 Å². The van der Waals surface area contributed by atoms with Crippen LogP contribution in [0.15, 0.2) is 28.8 Å². The van der Waals surface area contributed by atoms with Gasteiger partial charge in [0.05, 0.1) is 0 Å². The molecule has 1 aliphatic carbocycles. The Morgan fingerprint density at radius 2 is 1.92 bits per heavy atom. The monoisotopic (exact) mass is 354 g/mol. The average molecular weight is 354 g/mol. The average Bonchev–Trinajstić information content (AvgIpc) is 3.12. The zero-order valence-corrected chi connectivity index (χ0v) is 16.0. The van der Waals surface area contributed by atoms with E-state index in [0.717, 1.165) is 24.3 Å². The first-order valence-corrected chi connectivity index (χ1v) is 10.0. The van der Waals surface area contributed by atoms with Crippen LogP contribution in [0, 0.1) is 12.8 Å². The predicted molar refractivity (Wildman–Crippen MR) is 103 cm³/mol. The van der Waals surface area contributed by atoms with Crippen molar-refractivity contribution in [3.8, 4) is 11.4 Å². The van der Waals surface area contributed by atoms with E-state index in [-0.39, 0.29) is 11.7 Å². The molecule has 1 atom stereocenters. The van der Waals surface area contributed by atoms with Crippen molar-refractivity contribution in [2.24, 2.45) is 5.92 Å². The summed E-state index contributed by atoms with van der Waals surface area (Å²) < 4.78 is 5.54. The van der Waals surface area contributed by atoms with Gasteiger partial charge in [-0.25, -0.2) is 0 Å². The predicted octanol–water partition coefficient (Wildman–Crippen LogP) is 5.86. The molecule has 26 heavy (non-hydrogen) atoms. The Morgan fingerprint density at radius 1 is 1.19 bits per heavy atom. The summed E-state index contributed by atoms with van der Waals surface area (Å²) in [4.78, 5) is 16.3. The van der Waals surface area contributed by atoms with Crippen LogP contribution in [-0.2, 0) is 4.79 Å². The molecule has 1 aliphatic rings. The number of rotatable bonds is 8. The van der Waals surface area contributed by atoms with Crippen molar-refractivity contribution in [1.82, 2.24) is 10.1 Å². The summed E-state index contributed by atoms with van der Waals surface area (Å²) in [5.41, 5.74) is 2.16. The molecule has 1 aromatic heterocycles. The number of hydrogen-bond donors (Lipinski definition) is 0. The van der Waals surface area contributed by atoms with Crippen molar-refractivity contribution in [2.45, 2.75) is 77.6 Å². The van der Waals surface area contributed by atoms with E-state index >= 15 is 0 Å². The summed E-state index contributed by atoms with van der Waals surface area (Å²) >= 11 is 0. The lowest BCUT2D eigenvalue weighted by Crippen LogP contribution is -2.09. The number of hydrogen-bond acceptors (Lipinski definition) is 4. The van der Waals surface area contributed by atoms with Crippen LogP contribution in [-0.4, -0.2) is 15.9 Å². The van der Waals surface area contributed by atoms with Crippen LogP contribution in [0.4, 0.5) is 0 Å². The summed E-state index contributed by atoms with van der Waals surface area (Å²) in [6, 6.07) is 8.10. The van der Waals surface area contributed by atoms with E-state index in [2.05, 4.69) is 17.1 Å². The van der Waals surface area contributed by atoms with Gasteiger partial charge in [0.2, 0.25) is 11.7 Å². The standard InChI is InChI=1S/C22H30N2O2/c1-16-11-13-19(14-12-16)21-23-22(26-24-21)20(15-17(2)25)10-6-9-18-7-4-3-5-8-18/h11-14,18,20H,3-10,15H2,1-2H3. The zero-order chi connectivity index (χ0) is 18.4. The van der Waals surface area contributed by atoms with E-state index in [1.165, 1.54) is 44.1 Å². The molecule has 0 radical (unpaired) electrons. The molecule has 0 N–H and O–H groups in total. The molecule has 4 nitrogen and oxygen atoms in total. The molecule has 2 aromatic rings.